The van der Waals surface area contributed by atoms with Gasteiger partial charge < -0.3 is 5.32 Å². The standard InChI is InChI=1S/C10H10F3N5/c1-6(9-14-5-15-18-9)16-8-4-2-3-7(17-8)10(11,12)13/h2-6H,1H3,(H,16,17)(H,14,15,18). The van der Waals surface area contributed by atoms with E-state index in [1.807, 2.05) is 0 Å². The lowest BCUT2D eigenvalue weighted by Gasteiger charge is -2.13. The molecule has 2 aromatic heterocycles. The molecule has 8 heteroatoms. The molecule has 2 heterocycles. The van der Waals surface area contributed by atoms with Crippen LogP contribution in [0.2, 0.25) is 0 Å². The van der Waals surface area contributed by atoms with Gasteiger partial charge in [-0.1, -0.05) is 6.07 Å². The van der Waals surface area contributed by atoms with E-state index in [0.717, 1.165) is 6.07 Å². The molecule has 1 unspecified atom stereocenters. The molecule has 0 fully saturated rings. The minimum atomic E-state index is -4.45. The number of aromatic amines is 1. The Bertz CT molecular complexity index is 508. The van der Waals surface area contributed by atoms with Crippen LogP contribution in [0.5, 0.6) is 0 Å². The Morgan fingerprint density at radius 2 is 2.11 bits per heavy atom. The van der Waals surface area contributed by atoms with Crippen molar-refractivity contribution in [2.24, 2.45) is 0 Å². The normalized spacial score (nSPS) is 13.3. The molecule has 0 saturated carbocycles. The summed E-state index contributed by atoms with van der Waals surface area (Å²) in [6.45, 7) is 1.74. The van der Waals surface area contributed by atoms with E-state index in [1.165, 1.54) is 18.5 Å². The minimum absolute atomic E-state index is 0.133. The van der Waals surface area contributed by atoms with Crippen LogP contribution in [0.3, 0.4) is 0 Å². The van der Waals surface area contributed by atoms with Crippen LogP contribution in [0.1, 0.15) is 24.5 Å². The van der Waals surface area contributed by atoms with Gasteiger partial charge in [-0.05, 0) is 19.1 Å². The number of hydrogen-bond acceptors (Lipinski definition) is 4. The third kappa shape index (κ3) is 2.76. The first-order valence-corrected chi connectivity index (χ1v) is 5.13. The molecule has 0 amide bonds. The summed E-state index contributed by atoms with van der Waals surface area (Å²) in [6.07, 6.45) is -3.12. The third-order valence-corrected chi connectivity index (χ3v) is 2.25. The highest BCUT2D eigenvalue weighted by Gasteiger charge is 2.32. The fourth-order valence-corrected chi connectivity index (χ4v) is 1.39. The highest BCUT2D eigenvalue weighted by Crippen LogP contribution is 2.28. The van der Waals surface area contributed by atoms with Crippen molar-refractivity contribution >= 4 is 5.82 Å². The second kappa shape index (κ2) is 4.63. The average Bonchev–Trinajstić information content (AvgIpc) is 2.81. The van der Waals surface area contributed by atoms with Crippen molar-refractivity contribution in [3.8, 4) is 0 Å². The topological polar surface area (TPSA) is 66.5 Å². The molecule has 96 valence electrons. The Kier molecular flexibility index (Phi) is 3.17. The molecule has 0 bridgehead atoms. The predicted octanol–water partition coefficient (Wildman–Crippen LogP) is 2.39. The summed E-state index contributed by atoms with van der Waals surface area (Å²) < 4.78 is 37.4. The van der Waals surface area contributed by atoms with Crippen molar-refractivity contribution in [3.63, 3.8) is 0 Å². The summed E-state index contributed by atoms with van der Waals surface area (Å²) in [4.78, 5) is 7.40. The number of alkyl halides is 3. The van der Waals surface area contributed by atoms with Crippen molar-refractivity contribution in [2.45, 2.75) is 19.1 Å². The summed E-state index contributed by atoms with van der Waals surface area (Å²) in [7, 11) is 0. The van der Waals surface area contributed by atoms with Crippen LogP contribution in [-0.2, 0) is 6.18 Å². The van der Waals surface area contributed by atoms with Crippen LogP contribution in [0.15, 0.2) is 24.5 Å². The molecule has 0 saturated heterocycles. The summed E-state index contributed by atoms with van der Waals surface area (Å²) >= 11 is 0. The molecule has 2 rings (SSSR count). The number of nitrogens with zero attached hydrogens (tertiary/aromatic N) is 3. The molecule has 0 radical (unpaired) electrons. The van der Waals surface area contributed by atoms with Crippen molar-refractivity contribution < 1.29 is 13.2 Å². The van der Waals surface area contributed by atoms with E-state index < -0.39 is 11.9 Å². The third-order valence-electron chi connectivity index (χ3n) is 2.25. The predicted molar refractivity (Wildman–Crippen MR) is 57.7 cm³/mol. The Hall–Kier alpha value is -2.12. The summed E-state index contributed by atoms with van der Waals surface area (Å²) in [5.41, 5.74) is -0.933. The van der Waals surface area contributed by atoms with E-state index >= 15 is 0 Å². The number of pyridine rings is 1. The Morgan fingerprint density at radius 1 is 1.33 bits per heavy atom. The van der Waals surface area contributed by atoms with Gasteiger partial charge in [-0.15, -0.1) is 0 Å². The lowest BCUT2D eigenvalue weighted by Crippen LogP contribution is -2.13. The Balaban J connectivity index is 2.15. The van der Waals surface area contributed by atoms with Gasteiger partial charge in [0, 0.05) is 0 Å². The monoisotopic (exact) mass is 257 g/mol. The second-order valence-corrected chi connectivity index (χ2v) is 3.64. The summed E-state index contributed by atoms with van der Waals surface area (Å²) in [5, 5.41) is 9.11. The number of hydrogen-bond donors (Lipinski definition) is 2. The molecule has 2 N–H and O–H groups in total. The molecule has 1 atom stereocenters. The van der Waals surface area contributed by atoms with Crippen molar-refractivity contribution in [1.82, 2.24) is 20.2 Å². The van der Waals surface area contributed by atoms with Crippen LogP contribution in [0.25, 0.3) is 0 Å². The van der Waals surface area contributed by atoms with Crippen LogP contribution < -0.4 is 5.32 Å². The highest BCUT2D eigenvalue weighted by atomic mass is 19.4. The average molecular weight is 257 g/mol. The molecule has 0 aromatic carbocycles. The van der Waals surface area contributed by atoms with Gasteiger partial charge in [-0.25, -0.2) is 9.97 Å². The molecular weight excluding hydrogens is 247 g/mol. The van der Waals surface area contributed by atoms with Crippen molar-refractivity contribution in [3.05, 3.63) is 36.0 Å². The molecule has 0 spiro atoms. The summed E-state index contributed by atoms with van der Waals surface area (Å²) in [5.74, 6) is 0.655. The lowest BCUT2D eigenvalue weighted by molar-refractivity contribution is -0.141. The zero-order valence-corrected chi connectivity index (χ0v) is 9.36. The van der Waals surface area contributed by atoms with E-state index in [4.69, 9.17) is 0 Å². The Morgan fingerprint density at radius 3 is 2.72 bits per heavy atom. The maximum atomic E-state index is 12.5. The van der Waals surface area contributed by atoms with Crippen LogP contribution in [-0.4, -0.2) is 20.2 Å². The van der Waals surface area contributed by atoms with E-state index in [9.17, 15) is 13.2 Å². The summed E-state index contributed by atoms with van der Waals surface area (Å²) in [6, 6.07) is 3.36. The van der Waals surface area contributed by atoms with Gasteiger partial charge in [0.15, 0.2) is 0 Å². The van der Waals surface area contributed by atoms with Gasteiger partial charge in [0.2, 0.25) is 0 Å². The highest BCUT2D eigenvalue weighted by molar-refractivity contribution is 5.37. The van der Waals surface area contributed by atoms with Crippen LogP contribution >= 0.6 is 0 Å². The number of rotatable bonds is 3. The fourth-order valence-electron chi connectivity index (χ4n) is 1.39. The van der Waals surface area contributed by atoms with Crippen molar-refractivity contribution in [1.29, 1.82) is 0 Å². The molecule has 18 heavy (non-hydrogen) atoms. The quantitative estimate of drug-likeness (QED) is 0.886. The second-order valence-electron chi connectivity index (χ2n) is 3.64. The van der Waals surface area contributed by atoms with Gasteiger partial charge in [-0.3, -0.25) is 5.10 Å². The van der Waals surface area contributed by atoms with Crippen LogP contribution in [0.4, 0.5) is 19.0 Å². The zero-order chi connectivity index (χ0) is 13.2. The van der Waals surface area contributed by atoms with E-state index in [1.54, 1.807) is 6.92 Å². The van der Waals surface area contributed by atoms with Crippen molar-refractivity contribution in [2.75, 3.05) is 5.32 Å². The number of aromatic nitrogens is 4. The van der Waals surface area contributed by atoms with Gasteiger partial charge in [0.25, 0.3) is 0 Å². The molecule has 0 aliphatic rings. The zero-order valence-electron chi connectivity index (χ0n) is 9.36. The Labute approximate surface area is 100 Å². The van der Waals surface area contributed by atoms with Gasteiger partial charge in [-0.2, -0.15) is 18.3 Å². The van der Waals surface area contributed by atoms with E-state index in [-0.39, 0.29) is 11.9 Å². The molecule has 2 aromatic rings. The minimum Gasteiger partial charge on any atom is -0.360 e. The van der Waals surface area contributed by atoms with E-state index in [0.29, 0.717) is 5.82 Å². The molecule has 0 aliphatic carbocycles. The number of H-pyrrole nitrogens is 1. The molecule has 0 aliphatic heterocycles. The molecular formula is C10H10F3N5. The van der Waals surface area contributed by atoms with Crippen LogP contribution in [0, 0.1) is 0 Å². The largest absolute Gasteiger partial charge is 0.433 e. The first-order valence-electron chi connectivity index (χ1n) is 5.13. The first-order chi connectivity index (χ1) is 8.47. The van der Waals surface area contributed by atoms with Gasteiger partial charge in [0.05, 0.1) is 6.04 Å². The van der Waals surface area contributed by atoms with Gasteiger partial charge in [0.1, 0.15) is 23.7 Å². The SMILES string of the molecule is CC(Nc1cccc(C(F)(F)F)n1)c1ncn[nH]1. The number of nitrogens with one attached hydrogen (secondary N) is 2. The maximum absolute atomic E-state index is 12.5. The fraction of sp³-hybridized carbons (Fsp3) is 0.300. The molecule has 5 nitrogen and oxygen atoms in total. The van der Waals surface area contributed by atoms with E-state index in [2.05, 4.69) is 25.5 Å². The first kappa shape index (κ1) is 12.3. The maximum Gasteiger partial charge on any atom is 0.433 e. The number of halogens is 3. The van der Waals surface area contributed by atoms with Gasteiger partial charge >= 0.3 is 6.18 Å². The number of anilines is 1. The smallest absolute Gasteiger partial charge is 0.360 e. The lowest BCUT2D eigenvalue weighted by atomic mass is 10.3.